The third-order valence-electron chi connectivity index (χ3n) is 2.28. The van der Waals surface area contributed by atoms with Crippen LogP contribution in [0.5, 0.6) is 0 Å². The molecule has 16 heavy (non-hydrogen) atoms. The van der Waals surface area contributed by atoms with E-state index in [4.69, 9.17) is 0 Å². The van der Waals surface area contributed by atoms with Crippen LogP contribution < -0.4 is 0 Å². The molecule has 1 atom stereocenters. The maximum absolute atomic E-state index is 10.1. The Morgan fingerprint density at radius 1 is 1.00 bits per heavy atom. The van der Waals surface area contributed by atoms with E-state index >= 15 is 0 Å². The Balaban J connectivity index is 0.000000325. The molecule has 4 heteroatoms. The number of hydrogen-bond acceptors (Lipinski definition) is 3. The zero-order valence-corrected chi connectivity index (χ0v) is 12.3. The van der Waals surface area contributed by atoms with Gasteiger partial charge in [0.2, 0.25) is 0 Å². The molecule has 0 aliphatic rings. The number of carbonyl (C=O) groups excluding carboxylic acids is 1. The molecule has 0 N–H and O–H groups in total. The minimum absolute atomic E-state index is 0.0255. The van der Waals surface area contributed by atoms with Crippen molar-refractivity contribution in [3.8, 4) is 0 Å². The molecule has 90 valence electrons. The zero-order chi connectivity index (χ0) is 12.9. The molecule has 0 saturated heterocycles. The van der Waals surface area contributed by atoms with Crippen LogP contribution in [-0.4, -0.2) is 20.6 Å². The lowest BCUT2D eigenvalue weighted by Gasteiger charge is -2.01. The predicted molar refractivity (Wildman–Crippen MR) is 70.1 cm³/mol. The summed E-state index contributed by atoms with van der Waals surface area (Å²) in [5.74, 6) is 0.176. The second-order valence-corrected chi connectivity index (χ2v) is 5.17. The van der Waals surface area contributed by atoms with Gasteiger partial charge in [0.15, 0.2) is 0 Å². The lowest BCUT2D eigenvalue weighted by Crippen LogP contribution is -2.01. The number of aromatic nitrogens is 2. The molecule has 1 unspecified atom stereocenters. The summed E-state index contributed by atoms with van der Waals surface area (Å²) in [6.07, 6.45) is 0. The highest BCUT2D eigenvalue weighted by atomic mass is 79.9. The van der Waals surface area contributed by atoms with Crippen LogP contribution in [0, 0.1) is 27.7 Å². The van der Waals surface area contributed by atoms with E-state index in [1.165, 1.54) is 0 Å². The number of hydrogen-bond donors (Lipinski definition) is 0. The van der Waals surface area contributed by atoms with Crippen molar-refractivity contribution < 1.29 is 4.79 Å². The third-order valence-corrected chi connectivity index (χ3v) is 2.92. The van der Waals surface area contributed by atoms with E-state index in [0.717, 1.165) is 22.8 Å². The lowest BCUT2D eigenvalue weighted by atomic mass is 10.3. The molecule has 1 heterocycles. The monoisotopic (exact) mass is 286 g/mol. The first-order chi connectivity index (χ1) is 7.25. The average molecular weight is 287 g/mol. The van der Waals surface area contributed by atoms with Gasteiger partial charge in [0.1, 0.15) is 5.78 Å². The van der Waals surface area contributed by atoms with Crippen LogP contribution in [-0.2, 0) is 4.79 Å². The standard InChI is InChI=1S/C8H12N2.C4H7BrO/c1-5-6(2)10-8(4)7(3)9-5;1-3(5)4(2)6/h1-4H3;3H,1-2H3. The van der Waals surface area contributed by atoms with Crippen molar-refractivity contribution in [1.29, 1.82) is 0 Å². The number of rotatable bonds is 1. The van der Waals surface area contributed by atoms with Crippen LogP contribution >= 0.6 is 15.9 Å². The summed E-state index contributed by atoms with van der Waals surface area (Å²) in [7, 11) is 0. The fourth-order valence-corrected chi connectivity index (χ4v) is 0.827. The molecule has 0 saturated carbocycles. The van der Waals surface area contributed by atoms with E-state index in [1.807, 2.05) is 34.6 Å². The second-order valence-electron chi connectivity index (χ2n) is 3.79. The summed E-state index contributed by atoms with van der Waals surface area (Å²) in [5.41, 5.74) is 4.12. The largest absolute Gasteiger partial charge is 0.299 e. The van der Waals surface area contributed by atoms with Gasteiger partial charge >= 0.3 is 0 Å². The van der Waals surface area contributed by atoms with Gasteiger partial charge in [-0.05, 0) is 41.5 Å². The van der Waals surface area contributed by atoms with Gasteiger partial charge in [0.05, 0.1) is 27.6 Å². The van der Waals surface area contributed by atoms with E-state index in [-0.39, 0.29) is 10.6 Å². The average Bonchev–Trinajstić information content (AvgIpc) is 2.16. The van der Waals surface area contributed by atoms with Gasteiger partial charge in [0, 0.05) is 0 Å². The van der Waals surface area contributed by atoms with Crippen LogP contribution in [0.25, 0.3) is 0 Å². The third kappa shape index (κ3) is 5.35. The van der Waals surface area contributed by atoms with E-state index in [9.17, 15) is 4.79 Å². The van der Waals surface area contributed by atoms with Crippen molar-refractivity contribution in [2.24, 2.45) is 0 Å². The summed E-state index contributed by atoms with van der Waals surface area (Å²) in [4.78, 5) is 18.7. The molecular weight excluding hydrogens is 268 g/mol. The minimum Gasteiger partial charge on any atom is -0.299 e. The molecule has 0 bridgehead atoms. The van der Waals surface area contributed by atoms with E-state index < -0.39 is 0 Å². The molecule has 3 nitrogen and oxygen atoms in total. The number of halogens is 1. The van der Waals surface area contributed by atoms with Gasteiger partial charge in [0.25, 0.3) is 0 Å². The summed E-state index contributed by atoms with van der Waals surface area (Å²) >= 11 is 3.09. The first-order valence-corrected chi connectivity index (χ1v) is 6.10. The maximum atomic E-state index is 10.1. The smallest absolute Gasteiger partial charge is 0.143 e. The highest BCUT2D eigenvalue weighted by Gasteiger charge is 1.98. The first kappa shape index (κ1) is 15.2. The van der Waals surface area contributed by atoms with Crippen LogP contribution in [0.15, 0.2) is 0 Å². The van der Waals surface area contributed by atoms with Crippen LogP contribution in [0.3, 0.4) is 0 Å². The van der Waals surface area contributed by atoms with E-state index in [2.05, 4.69) is 25.9 Å². The molecule has 1 aromatic heterocycles. The van der Waals surface area contributed by atoms with Gasteiger partial charge < -0.3 is 0 Å². The molecule has 0 spiro atoms. The molecule has 0 amide bonds. The molecule has 0 aliphatic heterocycles. The van der Waals surface area contributed by atoms with E-state index in [1.54, 1.807) is 6.92 Å². The molecule has 0 aromatic carbocycles. The van der Waals surface area contributed by atoms with Crippen molar-refractivity contribution in [3.63, 3.8) is 0 Å². The zero-order valence-electron chi connectivity index (χ0n) is 10.8. The van der Waals surface area contributed by atoms with Crippen LogP contribution in [0.4, 0.5) is 0 Å². The van der Waals surface area contributed by atoms with Crippen molar-refractivity contribution in [3.05, 3.63) is 22.8 Å². The van der Waals surface area contributed by atoms with Crippen LogP contribution in [0.2, 0.25) is 0 Å². The predicted octanol–water partition coefficient (Wildman–Crippen LogP) is 3.07. The van der Waals surface area contributed by atoms with Gasteiger partial charge in [-0.1, -0.05) is 15.9 Å². The van der Waals surface area contributed by atoms with Gasteiger partial charge in [-0.25, -0.2) is 0 Å². The number of aryl methyl sites for hydroxylation is 4. The molecule has 1 aromatic rings. The number of nitrogens with zero attached hydrogens (tertiary/aromatic N) is 2. The van der Waals surface area contributed by atoms with Crippen molar-refractivity contribution in [2.45, 2.75) is 46.4 Å². The molecule has 0 aliphatic carbocycles. The maximum Gasteiger partial charge on any atom is 0.143 e. The van der Waals surface area contributed by atoms with Crippen molar-refractivity contribution in [1.82, 2.24) is 9.97 Å². The molecule has 1 rings (SSSR count). The second kappa shape index (κ2) is 6.74. The Labute approximate surface area is 106 Å². The topological polar surface area (TPSA) is 42.9 Å². The summed E-state index contributed by atoms with van der Waals surface area (Å²) in [6.45, 7) is 11.3. The Bertz CT molecular complexity index is 325. The van der Waals surface area contributed by atoms with Crippen LogP contribution in [0.1, 0.15) is 36.6 Å². The molecule has 0 radical (unpaired) electrons. The summed E-state index contributed by atoms with van der Waals surface area (Å²) in [5, 5.41) is 0. The molecular formula is C12H19BrN2O. The number of Topliss-reactive ketones (excluding diaryl/α,β-unsaturated/α-hetero) is 1. The Morgan fingerprint density at radius 3 is 1.31 bits per heavy atom. The quantitative estimate of drug-likeness (QED) is 0.745. The SMILES string of the molecule is CC(=O)C(C)Br.Cc1nc(C)c(C)nc1C. The Kier molecular flexibility index (Phi) is 6.41. The Morgan fingerprint density at radius 2 is 1.19 bits per heavy atom. The lowest BCUT2D eigenvalue weighted by molar-refractivity contribution is -0.116. The fourth-order valence-electron chi connectivity index (χ4n) is 0.827. The Hall–Kier alpha value is -0.770. The molecule has 0 fully saturated rings. The van der Waals surface area contributed by atoms with Gasteiger partial charge in [-0.15, -0.1) is 0 Å². The minimum atomic E-state index is 0.0255. The normalized spacial score (nSPS) is 11.4. The van der Waals surface area contributed by atoms with Crippen molar-refractivity contribution in [2.75, 3.05) is 0 Å². The summed E-state index contributed by atoms with van der Waals surface area (Å²) in [6, 6.07) is 0. The summed E-state index contributed by atoms with van der Waals surface area (Å²) < 4.78 is 0. The van der Waals surface area contributed by atoms with Gasteiger partial charge in [-0.3, -0.25) is 14.8 Å². The van der Waals surface area contributed by atoms with Gasteiger partial charge in [-0.2, -0.15) is 0 Å². The highest BCUT2D eigenvalue weighted by Crippen LogP contribution is 2.04. The number of alkyl halides is 1. The van der Waals surface area contributed by atoms with E-state index in [0.29, 0.717) is 0 Å². The van der Waals surface area contributed by atoms with Crippen molar-refractivity contribution >= 4 is 21.7 Å². The fraction of sp³-hybridized carbons (Fsp3) is 0.583. The first-order valence-electron chi connectivity index (χ1n) is 5.18. The number of carbonyl (C=O) groups is 1. The highest BCUT2D eigenvalue weighted by molar-refractivity contribution is 9.10. The number of ketones is 1.